The third-order valence-corrected chi connectivity index (χ3v) is 1.44. The number of hydrogen-bond donors (Lipinski definition) is 0. The van der Waals surface area contributed by atoms with Gasteiger partial charge in [0.05, 0.1) is 0 Å². The molecule has 3 nitrogen and oxygen atoms in total. The summed E-state index contributed by atoms with van der Waals surface area (Å²) < 4.78 is 36.8. The van der Waals surface area contributed by atoms with E-state index in [2.05, 4.69) is 10.0 Å². The molecule has 68 valence electrons. The van der Waals surface area contributed by atoms with Crippen LogP contribution in [0.15, 0.2) is 29.4 Å². The zero-order chi connectivity index (χ0) is 9.90. The Labute approximate surface area is 71.9 Å². The van der Waals surface area contributed by atoms with E-state index in [0.29, 0.717) is 0 Å². The van der Waals surface area contributed by atoms with Crippen LogP contribution in [-0.4, -0.2) is 6.98 Å². The van der Waals surface area contributed by atoms with Crippen molar-refractivity contribution in [1.82, 2.24) is 0 Å². The van der Waals surface area contributed by atoms with Gasteiger partial charge in [-0.15, -0.1) is 0 Å². The Hall–Kier alpha value is -1.62. The number of rotatable bonds is 2. The van der Waals surface area contributed by atoms with E-state index in [0.717, 1.165) is 12.1 Å². The second-order valence-corrected chi connectivity index (χ2v) is 2.32. The molecule has 0 aliphatic rings. The van der Waals surface area contributed by atoms with Gasteiger partial charge in [-0.1, -0.05) is 34.8 Å². The van der Waals surface area contributed by atoms with Gasteiger partial charge in [0, 0.05) is 10.6 Å². The van der Waals surface area contributed by atoms with Crippen molar-refractivity contribution in [3.8, 4) is 0 Å². The molecule has 0 unspecified atom stereocenters. The van der Waals surface area contributed by atoms with Crippen molar-refractivity contribution >= 4 is 18.1 Å². The lowest BCUT2D eigenvalue weighted by molar-refractivity contribution is 0.501. The van der Waals surface area contributed by atoms with E-state index >= 15 is 0 Å². The minimum atomic E-state index is -5.11. The summed E-state index contributed by atoms with van der Waals surface area (Å²) in [6.07, 6.45) is 0. The predicted molar refractivity (Wildman–Crippen MR) is 44.0 cm³/mol. The summed E-state index contributed by atoms with van der Waals surface area (Å²) in [6, 6.07) is 4.66. The molecule has 0 bridgehead atoms. The first-order valence-corrected chi connectivity index (χ1v) is 3.39. The molecule has 1 aromatic rings. The molecule has 0 aliphatic carbocycles. The van der Waals surface area contributed by atoms with Crippen LogP contribution in [0.5, 0.6) is 0 Å². The smallest absolute Gasteiger partial charge is 0.445 e. The van der Waals surface area contributed by atoms with E-state index in [9.17, 15) is 12.9 Å². The van der Waals surface area contributed by atoms with Crippen molar-refractivity contribution < 1.29 is 12.9 Å². The molecule has 0 heterocycles. The molecule has 0 aliphatic heterocycles. The van der Waals surface area contributed by atoms with Gasteiger partial charge in [-0.05, 0) is 5.53 Å². The molecule has 0 saturated heterocycles. The van der Waals surface area contributed by atoms with Crippen molar-refractivity contribution in [2.45, 2.75) is 0 Å². The molecule has 13 heavy (non-hydrogen) atoms. The van der Waals surface area contributed by atoms with Gasteiger partial charge in [0.2, 0.25) is 0 Å². The third kappa shape index (κ3) is 2.16. The fourth-order valence-corrected chi connectivity index (χ4v) is 0.904. The number of hydrogen-bond acceptors (Lipinski definition) is 1. The second kappa shape index (κ2) is 3.41. The summed E-state index contributed by atoms with van der Waals surface area (Å²) in [6.45, 7) is -5.11. The summed E-state index contributed by atoms with van der Waals surface area (Å²) in [5.41, 5.74) is 6.77. The fourth-order valence-electron chi connectivity index (χ4n) is 0.904. The van der Waals surface area contributed by atoms with E-state index in [-0.39, 0.29) is 5.69 Å². The Morgan fingerprint density at radius 3 is 2.38 bits per heavy atom. The van der Waals surface area contributed by atoms with Crippen molar-refractivity contribution in [1.29, 1.82) is 0 Å². The highest BCUT2D eigenvalue weighted by Crippen LogP contribution is 2.17. The van der Waals surface area contributed by atoms with Crippen LogP contribution in [0, 0.1) is 0 Å². The van der Waals surface area contributed by atoms with Crippen LogP contribution in [0.3, 0.4) is 0 Å². The molecule has 0 aromatic heterocycles. The molecule has 0 spiro atoms. The van der Waals surface area contributed by atoms with Gasteiger partial charge in [-0.2, -0.15) is 0 Å². The minimum absolute atomic E-state index is 0.377. The van der Waals surface area contributed by atoms with Crippen LogP contribution in [-0.2, 0) is 0 Å². The van der Waals surface area contributed by atoms with Crippen molar-refractivity contribution in [3.05, 3.63) is 34.7 Å². The molecular formula is C6H4BF3N3-. The van der Waals surface area contributed by atoms with Crippen LogP contribution >= 0.6 is 0 Å². The van der Waals surface area contributed by atoms with Crippen LogP contribution in [0.4, 0.5) is 18.6 Å². The van der Waals surface area contributed by atoms with Gasteiger partial charge in [0.1, 0.15) is 0 Å². The lowest BCUT2D eigenvalue weighted by atomic mass is 9.79. The Balaban J connectivity index is 3.27. The lowest BCUT2D eigenvalue weighted by Gasteiger charge is -2.16. The van der Waals surface area contributed by atoms with E-state index in [1.807, 2.05) is 0 Å². The van der Waals surface area contributed by atoms with Crippen molar-refractivity contribution in [2.24, 2.45) is 5.11 Å². The SMILES string of the molecule is [N-]=[N+]=Nc1ccccc1[B-](F)(F)F. The molecule has 0 N–H and O–H groups in total. The summed E-state index contributed by atoms with van der Waals surface area (Å²) in [4.78, 5) is 2.32. The average Bonchev–Trinajstić information content (AvgIpc) is 2.04. The maximum Gasteiger partial charge on any atom is 0.510 e. The van der Waals surface area contributed by atoms with Gasteiger partial charge in [0.15, 0.2) is 0 Å². The lowest BCUT2D eigenvalue weighted by Crippen LogP contribution is -2.33. The van der Waals surface area contributed by atoms with Gasteiger partial charge in [-0.3, -0.25) is 0 Å². The molecule has 7 heteroatoms. The van der Waals surface area contributed by atoms with Crippen molar-refractivity contribution in [2.75, 3.05) is 0 Å². The van der Waals surface area contributed by atoms with Gasteiger partial charge in [0.25, 0.3) is 0 Å². The van der Waals surface area contributed by atoms with E-state index < -0.39 is 12.4 Å². The first-order chi connectivity index (χ1) is 6.05. The molecular weight excluding hydrogens is 182 g/mol. The Bertz CT molecular complexity index is 356. The topological polar surface area (TPSA) is 48.8 Å². The molecule has 0 atom stereocenters. The summed E-state index contributed by atoms with van der Waals surface area (Å²) >= 11 is 0. The van der Waals surface area contributed by atoms with E-state index in [4.69, 9.17) is 5.53 Å². The molecule has 0 fully saturated rings. The second-order valence-electron chi connectivity index (χ2n) is 2.32. The minimum Gasteiger partial charge on any atom is -0.445 e. The van der Waals surface area contributed by atoms with Crippen molar-refractivity contribution in [3.63, 3.8) is 0 Å². The van der Waals surface area contributed by atoms with Crippen LogP contribution in [0.25, 0.3) is 10.4 Å². The standard InChI is InChI=1S/C6H4BF3N3/c8-7(9,10)5-3-1-2-4-6(5)12-13-11/h1-4H/q-1. The Morgan fingerprint density at radius 1 is 1.23 bits per heavy atom. The van der Waals surface area contributed by atoms with Crippen LogP contribution < -0.4 is 5.46 Å². The van der Waals surface area contributed by atoms with Crippen LogP contribution in [0.2, 0.25) is 0 Å². The average molecular weight is 186 g/mol. The first-order valence-electron chi connectivity index (χ1n) is 3.39. The van der Waals surface area contributed by atoms with E-state index in [1.165, 1.54) is 12.1 Å². The summed E-state index contributed by atoms with van der Waals surface area (Å²) in [7, 11) is 0. The highest BCUT2D eigenvalue weighted by atomic mass is 19.4. The zero-order valence-electron chi connectivity index (χ0n) is 6.36. The largest absolute Gasteiger partial charge is 0.510 e. The van der Waals surface area contributed by atoms with E-state index in [1.54, 1.807) is 0 Å². The monoisotopic (exact) mass is 186 g/mol. The molecule has 0 saturated carbocycles. The first kappa shape index (κ1) is 9.47. The van der Waals surface area contributed by atoms with Crippen LogP contribution in [0.1, 0.15) is 0 Å². The quantitative estimate of drug-likeness (QED) is 0.295. The summed E-state index contributed by atoms with van der Waals surface area (Å²) in [5, 5.41) is 2.95. The highest BCUT2D eigenvalue weighted by molar-refractivity contribution is 6.74. The number of halogens is 3. The maximum atomic E-state index is 12.3. The molecule has 0 amide bonds. The number of benzene rings is 1. The third-order valence-electron chi connectivity index (χ3n) is 1.44. The Morgan fingerprint density at radius 2 is 1.85 bits per heavy atom. The maximum absolute atomic E-state index is 12.3. The fraction of sp³-hybridized carbons (Fsp3) is 0. The molecule has 1 rings (SSSR count). The highest BCUT2D eigenvalue weighted by Gasteiger charge is 2.27. The number of azide groups is 1. The molecule has 0 radical (unpaired) electrons. The Kier molecular flexibility index (Phi) is 2.48. The summed E-state index contributed by atoms with van der Waals surface area (Å²) in [5.74, 6) is 0. The normalized spacial score (nSPS) is 10.7. The van der Waals surface area contributed by atoms with Gasteiger partial charge >= 0.3 is 6.98 Å². The van der Waals surface area contributed by atoms with Gasteiger partial charge < -0.3 is 12.9 Å². The number of nitrogens with zero attached hydrogens (tertiary/aromatic N) is 3. The predicted octanol–water partition coefficient (Wildman–Crippen LogP) is 2.68. The van der Waals surface area contributed by atoms with Gasteiger partial charge in [-0.25, -0.2) is 0 Å². The molecule has 1 aromatic carbocycles. The zero-order valence-corrected chi connectivity index (χ0v) is 6.36.